The molecule has 2 aliphatic rings. The van der Waals surface area contributed by atoms with Crippen LogP contribution in [0.5, 0.6) is 0 Å². The first-order valence-corrected chi connectivity index (χ1v) is 6.59. The molecule has 5 heteroatoms. The van der Waals surface area contributed by atoms with Gasteiger partial charge in [0.15, 0.2) is 0 Å². The fraction of sp³-hybridized carbons (Fsp3) is 0.900. The number of likely N-dealkylation sites (tertiary alicyclic amines) is 1. The maximum atomic E-state index is 12.0. The second-order valence-electron chi connectivity index (χ2n) is 4.03. The molecule has 2 aliphatic heterocycles. The average Bonchev–Trinajstić information content (AvgIpc) is 2.82. The number of rotatable bonds is 2. The van der Waals surface area contributed by atoms with E-state index in [-0.39, 0.29) is 11.9 Å². The van der Waals surface area contributed by atoms with Crippen LogP contribution in [0.25, 0.3) is 0 Å². The highest BCUT2D eigenvalue weighted by Gasteiger charge is 2.29. The topological polar surface area (TPSA) is 41.6 Å². The molecule has 2 saturated heterocycles. The molecule has 0 aromatic heterocycles. The zero-order valence-electron chi connectivity index (χ0n) is 9.07. The van der Waals surface area contributed by atoms with Crippen molar-refractivity contribution >= 4 is 17.7 Å². The first kappa shape index (κ1) is 11.2. The zero-order chi connectivity index (χ0) is 10.7. The van der Waals surface area contributed by atoms with Gasteiger partial charge in [0.05, 0.1) is 12.1 Å². The van der Waals surface area contributed by atoms with E-state index in [1.165, 1.54) is 0 Å². The van der Waals surface area contributed by atoms with E-state index in [4.69, 9.17) is 4.74 Å². The summed E-state index contributed by atoms with van der Waals surface area (Å²) in [5.41, 5.74) is 0. The quantitative estimate of drug-likeness (QED) is 0.740. The second-order valence-corrected chi connectivity index (χ2v) is 5.06. The Kier molecular flexibility index (Phi) is 3.88. The number of methoxy groups -OCH3 is 1. The number of hydrogen-bond acceptors (Lipinski definition) is 4. The van der Waals surface area contributed by atoms with Gasteiger partial charge in [0.2, 0.25) is 5.91 Å². The van der Waals surface area contributed by atoms with Crippen LogP contribution in [0.2, 0.25) is 0 Å². The molecule has 4 nitrogen and oxygen atoms in total. The fourth-order valence-electron chi connectivity index (χ4n) is 2.09. The van der Waals surface area contributed by atoms with Crippen molar-refractivity contribution in [2.75, 3.05) is 31.8 Å². The van der Waals surface area contributed by atoms with Gasteiger partial charge in [0.1, 0.15) is 0 Å². The summed E-state index contributed by atoms with van der Waals surface area (Å²) in [5, 5.41) is 3.22. The summed E-state index contributed by atoms with van der Waals surface area (Å²) in [7, 11) is 1.75. The Morgan fingerprint density at radius 2 is 2.20 bits per heavy atom. The summed E-state index contributed by atoms with van der Waals surface area (Å²) in [6.07, 6.45) is 2.30. The third-order valence-electron chi connectivity index (χ3n) is 3.10. The van der Waals surface area contributed by atoms with Crippen LogP contribution in [-0.2, 0) is 9.53 Å². The lowest BCUT2D eigenvalue weighted by Gasteiger charge is -2.32. The maximum Gasteiger partial charge on any atom is 0.240 e. The molecule has 1 N–H and O–H groups in total. The van der Waals surface area contributed by atoms with Crippen LogP contribution in [0.15, 0.2) is 0 Å². The number of carbonyl (C=O) groups excluding carboxylic acids is 1. The van der Waals surface area contributed by atoms with Crippen molar-refractivity contribution in [1.82, 2.24) is 10.2 Å². The summed E-state index contributed by atoms with van der Waals surface area (Å²) in [6.45, 7) is 1.69. The molecule has 2 fully saturated rings. The van der Waals surface area contributed by atoms with E-state index >= 15 is 0 Å². The predicted octanol–water partition coefficient (Wildman–Crippen LogP) is 0.286. The molecule has 15 heavy (non-hydrogen) atoms. The predicted molar refractivity (Wildman–Crippen MR) is 60.9 cm³/mol. The highest BCUT2D eigenvalue weighted by molar-refractivity contribution is 7.99. The smallest absolute Gasteiger partial charge is 0.240 e. The zero-order valence-corrected chi connectivity index (χ0v) is 9.89. The van der Waals surface area contributed by atoms with Gasteiger partial charge in [-0.15, -0.1) is 11.8 Å². The van der Waals surface area contributed by atoms with E-state index in [2.05, 4.69) is 5.32 Å². The number of thioether (sulfide) groups is 1. The Morgan fingerprint density at radius 3 is 2.73 bits per heavy atom. The Hall–Kier alpha value is -0.260. The summed E-state index contributed by atoms with van der Waals surface area (Å²) < 4.78 is 5.29. The van der Waals surface area contributed by atoms with Crippen LogP contribution in [0, 0.1) is 0 Å². The Bertz CT molecular complexity index is 223. The van der Waals surface area contributed by atoms with Gasteiger partial charge in [-0.1, -0.05) is 0 Å². The van der Waals surface area contributed by atoms with Crippen molar-refractivity contribution in [2.45, 2.75) is 25.0 Å². The molecule has 1 atom stereocenters. The molecular formula is C10H18N2O2S. The normalized spacial score (nSPS) is 28.3. The maximum absolute atomic E-state index is 12.0. The minimum Gasteiger partial charge on any atom is -0.381 e. The van der Waals surface area contributed by atoms with E-state index in [1.54, 1.807) is 18.9 Å². The van der Waals surface area contributed by atoms with Crippen molar-refractivity contribution in [3.8, 4) is 0 Å². The standard InChI is InChI=1S/C10H18N2O2S/c1-14-8-2-4-12(5-3-8)10(13)9-6-15-7-11-9/h8-9,11H,2-7H2,1H3/t9-/m1/s1. The van der Waals surface area contributed by atoms with E-state index in [1.807, 2.05) is 4.90 Å². The second kappa shape index (κ2) is 5.18. The minimum atomic E-state index is 0.0501. The Balaban J connectivity index is 1.81. The van der Waals surface area contributed by atoms with Gasteiger partial charge in [-0.3, -0.25) is 10.1 Å². The third-order valence-corrected chi connectivity index (χ3v) is 4.04. The first-order chi connectivity index (χ1) is 7.31. The summed E-state index contributed by atoms with van der Waals surface area (Å²) in [4.78, 5) is 14.0. The molecule has 2 heterocycles. The molecule has 0 radical (unpaired) electrons. The van der Waals surface area contributed by atoms with Gasteiger partial charge in [0, 0.05) is 31.8 Å². The number of ether oxygens (including phenoxy) is 1. The molecule has 0 bridgehead atoms. The lowest BCUT2D eigenvalue weighted by atomic mass is 10.1. The molecule has 2 rings (SSSR count). The average molecular weight is 230 g/mol. The van der Waals surface area contributed by atoms with Crippen molar-refractivity contribution in [1.29, 1.82) is 0 Å². The number of hydrogen-bond donors (Lipinski definition) is 1. The van der Waals surface area contributed by atoms with Gasteiger partial charge in [-0.2, -0.15) is 0 Å². The van der Waals surface area contributed by atoms with Crippen molar-refractivity contribution in [2.24, 2.45) is 0 Å². The van der Waals surface area contributed by atoms with Crippen LogP contribution in [-0.4, -0.2) is 54.8 Å². The van der Waals surface area contributed by atoms with Crippen molar-refractivity contribution in [3.05, 3.63) is 0 Å². The summed E-state index contributed by atoms with van der Waals surface area (Å²) in [6, 6.07) is 0.0501. The van der Waals surface area contributed by atoms with Crippen LogP contribution >= 0.6 is 11.8 Å². The number of amides is 1. The van der Waals surface area contributed by atoms with Crippen LogP contribution in [0.3, 0.4) is 0 Å². The third kappa shape index (κ3) is 2.65. The molecular weight excluding hydrogens is 212 g/mol. The van der Waals surface area contributed by atoms with E-state index < -0.39 is 0 Å². The molecule has 86 valence electrons. The Morgan fingerprint density at radius 1 is 1.47 bits per heavy atom. The summed E-state index contributed by atoms with van der Waals surface area (Å²) >= 11 is 1.80. The molecule has 0 aliphatic carbocycles. The summed E-state index contributed by atoms with van der Waals surface area (Å²) in [5.74, 6) is 2.10. The van der Waals surface area contributed by atoms with Crippen LogP contribution in [0.1, 0.15) is 12.8 Å². The van der Waals surface area contributed by atoms with Gasteiger partial charge in [-0.25, -0.2) is 0 Å². The monoisotopic (exact) mass is 230 g/mol. The van der Waals surface area contributed by atoms with Gasteiger partial charge < -0.3 is 9.64 Å². The molecule has 0 aromatic carbocycles. The largest absolute Gasteiger partial charge is 0.381 e. The van der Waals surface area contributed by atoms with Crippen LogP contribution < -0.4 is 5.32 Å². The van der Waals surface area contributed by atoms with Crippen molar-refractivity contribution in [3.63, 3.8) is 0 Å². The van der Waals surface area contributed by atoms with Crippen LogP contribution in [0.4, 0.5) is 0 Å². The minimum absolute atomic E-state index is 0.0501. The number of nitrogens with zero attached hydrogens (tertiary/aromatic N) is 1. The van der Waals surface area contributed by atoms with Gasteiger partial charge in [0.25, 0.3) is 0 Å². The lowest BCUT2D eigenvalue weighted by Crippen LogP contribution is -2.48. The molecule has 0 saturated carbocycles. The highest BCUT2D eigenvalue weighted by atomic mass is 32.2. The molecule has 0 spiro atoms. The number of carbonyl (C=O) groups is 1. The number of nitrogens with one attached hydrogen (secondary N) is 1. The van der Waals surface area contributed by atoms with E-state index in [0.29, 0.717) is 6.10 Å². The SMILES string of the molecule is COC1CCN(C(=O)[C@H]2CSCN2)CC1. The van der Waals surface area contributed by atoms with Gasteiger partial charge in [-0.05, 0) is 12.8 Å². The fourth-order valence-corrected chi connectivity index (χ4v) is 3.02. The number of piperidine rings is 1. The van der Waals surface area contributed by atoms with E-state index in [0.717, 1.165) is 37.6 Å². The van der Waals surface area contributed by atoms with Gasteiger partial charge >= 0.3 is 0 Å². The Labute approximate surface area is 94.7 Å². The highest BCUT2D eigenvalue weighted by Crippen LogP contribution is 2.17. The van der Waals surface area contributed by atoms with E-state index in [9.17, 15) is 4.79 Å². The molecule has 1 amide bonds. The van der Waals surface area contributed by atoms with Crippen molar-refractivity contribution < 1.29 is 9.53 Å². The lowest BCUT2D eigenvalue weighted by molar-refractivity contribution is -0.134. The first-order valence-electron chi connectivity index (χ1n) is 5.44. The molecule has 0 unspecified atom stereocenters. The molecule has 0 aromatic rings.